The molecule has 2 aromatic rings. The topological polar surface area (TPSA) is 12.0 Å². The molecule has 1 aliphatic heterocycles. The van der Waals surface area contributed by atoms with Crippen LogP contribution in [0.25, 0.3) is 0 Å². The maximum atomic E-state index is 13.3. The maximum absolute atomic E-state index is 13.3. The lowest BCUT2D eigenvalue weighted by molar-refractivity contribution is 0.623. The Morgan fingerprint density at radius 3 is 2.47 bits per heavy atom. The van der Waals surface area contributed by atoms with Crippen LogP contribution in [0.3, 0.4) is 0 Å². The van der Waals surface area contributed by atoms with Crippen molar-refractivity contribution >= 4 is 5.69 Å². The molecular weight excluding hydrogens is 244 g/mol. The minimum atomic E-state index is -0.231. The Bertz CT molecular complexity index is 578. The third-order valence-electron chi connectivity index (χ3n) is 3.65. The first-order valence-electron chi connectivity index (χ1n) is 6.53. The number of anilines is 1. The van der Waals surface area contributed by atoms with E-state index in [1.165, 1.54) is 24.3 Å². The second-order valence-corrected chi connectivity index (χ2v) is 4.90. The summed E-state index contributed by atoms with van der Waals surface area (Å²) in [6, 6.07) is 11.5. The van der Waals surface area contributed by atoms with E-state index < -0.39 is 0 Å². The highest BCUT2D eigenvalue weighted by molar-refractivity contribution is 5.56. The number of hydrogen-bond donors (Lipinski definition) is 1. The highest BCUT2D eigenvalue weighted by Crippen LogP contribution is 2.36. The molecule has 0 unspecified atom stereocenters. The van der Waals surface area contributed by atoms with Gasteiger partial charge in [-0.2, -0.15) is 0 Å². The number of hydrogen-bond acceptors (Lipinski definition) is 1. The molecule has 0 aromatic heterocycles. The van der Waals surface area contributed by atoms with E-state index in [0.29, 0.717) is 0 Å². The molecule has 0 radical (unpaired) electrons. The molecule has 19 heavy (non-hydrogen) atoms. The van der Waals surface area contributed by atoms with E-state index in [9.17, 15) is 8.78 Å². The Morgan fingerprint density at radius 1 is 0.947 bits per heavy atom. The van der Waals surface area contributed by atoms with E-state index in [2.05, 4.69) is 5.32 Å². The maximum Gasteiger partial charge on any atom is 0.125 e. The summed E-state index contributed by atoms with van der Waals surface area (Å²) in [5, 5.41) is 3.26. The summed E-state index contributed by atoms with van der Waals surface area (Å²) >= 11 is 0. The van der Waals surface area contributed by atoms with Crippen LogP contribution in [-0.4, -0.2) is 6.54 Å². The number of rotatable bonds is 1. The van der Waals surface area contributed by atoms with E-state index in [1.807, 2.05) is 18.2 Å². The number of halogens is 2. The Balaban J connectivity index is 2.04. The standard InChI is InChI=1S/C16H15F2N/c17-12-5-3-11(4-6-12)14-2-1-9-19-16-10-13(18)7-8-15(14)16/h3-8,10,14,19H,1-2,9H2/t14-/m1/s1. The molecule has 1 N–H and O–H groups in total. The van der Waals surface area contributed by atoms with Crippen molar-refractivity contribution in [1.29, 1.82) is 0 Å². The highest BCUT2D eigenvalue weighted by Gasteiger charge is 2.20. The zero-order chi connectivity index (χ0) is 13.2. The molecule has 0 aliphatic carbocycles. The molecule has 0 amide bonds. The summed E-state index contributed by atoms with van der Waals surface area (Å²) in [6.07, 6.45) is 2.00. The molecule has 98 valence electrons. The van der Waals surface area contributed by atoms with Gasteiger partial charge in [-0.3, -0.25) is 0 Å². The molecule has 1 aliphatic rings. The van der Waals surface area contributed by atoms with E-state index in [-0.39, 0.29) is 17.6 Å². The van der Waals surface area contributed by atoms with Crippen molar-refractivity contribution in [3.63, 3.8) is 0 Å². The lowest BCUT2D eigenvalue weighted by atomic mass is 9.87. The molecule has 1 nitrogen and oxygen atoms in total. The third kappa shape index (κ3) is 2.46. The normalized spacial score (nSPS) is 18.3. The lowest BCUT2D eigenvalue weighted by Gasteiger charge is -2.18. The predicted molar refractivity (Wildman–Crippen MR) is 72.4 cm³/mol. The van der Waals surface area contributed by atoms with Crippen molar-refractivity contribution in [2.75, 3.05) is 11.9 Å². The Labute approximate surface area is 111 Å². The predicted octanol–water partition coefficient (Wildman–Crippen LogP) is 4.30. The summed E-state index contributed by atoms with van der Waals surface area (Å²) < 4.78 is 26.3. The second kappa shape index (κ2) is 5.00. The zero-order valence-corrected chi connectivity index (χ0v) is 10.5. The zero-order valence-electron chi connectivity index (χ0n) is 10.5. The Kier molecular flexibility index (Phi) is 3.20. The van der Waals surface area contributed by atoms with Crippen LogP contribution >= 0.6 is 0 Å². The van der Waals surface area contributed by atoms with Crippen molar-refractivity contribution in [3.05, 3.63) is 65.2 Å². The van der Waals surface area contributed by atoms with Gasteiger partial charge in [0, 0.05) is 18.2 Å². The SMILES string of the molecule is Fc1ccc([C@H]2CCCNc3cc(F)ccc32)cc1. The van der Waals surface area contributed by atoms with Gasteiger partial charge in [0.15, 0.2) is 0 Å². The molecule has 1 heterocycles. The van der Waals surface area contributed by atoms with Gasteiger partial charge in [-0.05, 0) is 48.2 Å². The van der Waals surface area contributed by atoms with Crippen LogP contribution in [0.5, 0.6) is 0 Å². The molecule has 0 saturated heterocycles. The largest absolute Gasteiger partial charge is 0.385 e. The van der Waals surface area contributed by atoms with Crippen LogP contribution in [0.4, 0.5) is 14.5 Å². The molecule has 0 spiro atoms. The van der Waals surface area contributed by atoms with Crippen LogP contribution in [0, 0.1) is 11.6 Å². The van der Waals surface area contributed by atoms with Gasteiger partial charge in [-0.15, -0.1) is 0 Å². The molecule has 3 rings (SSSR count). The van der Waals surface area contributed by atoms with Gasteiger partial charge in [0.05, 0.1) is 0 Å². The van der Waals surface area contributed by atoms with E-state index in [4.69, 9.17) is 0 Å². The summed E-state index contributed by atoms with van der Waals surface area (Å²) in [5.41, 5.74) is 3.02. The first-order chi connectivity index (χ1) is 9.24. The number of benzene rings is 2. The minimum Gasteiger partial charge on any atom is -0.385 e. The Hall–Kier alpha value is -1.90. The fraction of sp³-hybridized carbons (Fsp3) is 0.250. The first-order valence-corrected chi connectivity index (χ1v) is 6.53. The first kappa shape index (κ1) is 12.2. The quantitative estimate of drug-likeness (QED) is 0.805. The average molecular weight is 259 g/mol. The van der Waals surface area contributed by atoms with Gasteiger partial charge >= 0.3 is 0 Å². The molecule has 1 atom stereocenters. The van der Waals surface area contributed by atoms with Crippen LogP contribution in [0.15, 0.2) is 42.5 Å². The van der Waals surface area contributed by atoms with Crippen molar-refractivity contribution in [3.8, 4) is 0 Å². The van der Waals surface area contributed by atoms with Crippen molar-refractivity contribution in [1.82, 2.24) is 0 Å². The third-order valence-corrected chi connectivity index (χ3v) is 3.65. The van der Waals surface area contributed by atoms with Crippen molar-refractivity contribution < 1.29 is 8.78 Å². The van der Waals surface area contributed by atoms with Gasteiger partial charge in [-0.1, -0.05) is 18.2 Å². The van der Waals surface area contributed by atoms with Crippen LogP contribution in [0.1, 0.15) is 29.9 Å². The fourth-order valence-corrected chi connectivity index (χ4v) is 2.71. The monoisotopic (exact) mass is 259 g/mol. The summed E-state index contributed by atoms with van der Waals surface area (Å²) in [6.45, 7) is 0.841. The summed E-state index contributed by atoms with van der Waals surface area (Å²) in [4.78, 5) is 0. The van der Waals surface area contributed by atoms with Gasteiger partial charge in [-0.25, -0.2) is 8.78 Å². The minimum absolute atomic E-state index is 0.200. The van der Waals surface area contributed by atoms with Crippen LogP contribution < -0.4 is 5.32 Å². The summed E-state index contributed by atoms with van der Waals surface area (Å²) in [7, 11) is 0. The second-order valence-electron chi connectivity index (χ2n) is 4.90. The van der Waals surface area contributed by atoms with Gasteiger partial charge in [0.2, 0.25) is 0 Å². The van der Waals surface area contributed by atoms with Gasteiger partial charge in [0.1, 0.15) is 11.6 Å². The van der Waals surface area contributed by atoms with E-state index >= 15 is 0 Å². The number of fused-ring (bicyclic) bond motifs is 1. The lowest BCUT2D eigenvalue weighted by Crippen LogP contribution is -2.02. The van der Waals surface area contributed by atoms with Gasteiger partial charge < -0.3 is 5.32 Å². The molecule has 0 fully saturated rings. The van der Waals surface area contributed by atoms with Crippen LogP contribution in [0.2, 0.25) is 0 Å². The van der Waals surface area contributed by atoms with Crippen LogP contribution in [-0.2, 0) is 0 Å². The van der Waals surface area contributed by atoms with Gasteiger partial charge in [0.25, 0.3) is 0 Å². The molecule has 3 heteroatoms. The Morgan fingerprint density at radius 2 is 1.68 bits per heavy atom. The molecule has 0 saturated carbocycles. The number of nitrogens with one attached hydrogen (secondary N) is 1. The van der Waals surface area contributed by atoms with E-state index in [0.717, 1.165) is 36.2 Å². The van der Waals surface area contributed by atoms with E-state index in [1.54, 1.807) is 0 Å². The fourth-order valence-electron chi connectivity index (χ4n) is 2.71. The highest BCUT2D eigenvalue weighted by atomic mass is 19.1. The molecule has 2 aromatic carbocycles. The molecular formula is C16H15F2N. The molecule has 0 bridgehead atoms. The van der Waals surface area contributed by atoms with Crippen molar-refractivity contribution in [2.24, 2.45) is 0 Å². The van der Waals surface area contributed by atoms with Crippen molar-refractivity contribution in [2.45, 2.75) is 18.8 Å². The summed E-state index contributed by atoms with van der Waals surface area (Å²) in [5.74, 6) is -0.257. The smallest absolute Gasteiger partial charge is 0.125 e. The average Bonchev–Trinajstić information content (AvgIpc) is 2.61.